The zero-order chi connectivity index (χ0) is 23.9. The van der Waals surface area contributed by atoms with Crippen molar-refractivity contribution in [3.63, 3.8) is 0 Å². The van der Waals surface area contributed by atoms with Crippen molar-refractivity contribution in [2.24, 2.45) is 0 Å². The lowest BCUT2D eigenvalue weighted by Crippen LogP contribution is -2.45. The van der Waals surface area contributed by atoms with E-state index >= 15 is 0 Å². The summed E-state index contributed by atoms with van der Waals surface area (Å²) < 4.78 is 5.69. The second-order valence-electron chi connectivity index (χ2n) is 8.50. The minimum absolute atomic E-state index is 0.0600. The van der Waals surface area contributed by atoms with E-state index in [1.807, 2.05) is 30.5 Å². The van der Waals surface area contributed by atoms with Gasteiger partial charge in [0, 0.05) is 49.4 Å². The molecular formula is C25H31N5O4. The van der Waals surface area contributed by atoms with Crippen molar-refractivity contribution in [2.45, 2.75) is 31.9 Å². The Morgan fingerprint density at radius 3 is 3.00 bits per heavy atom. The first-order valence-corrected chi connectivity index (χ1v) is 11.6. The highest BCUT2D eigenvalue weighted by atomic mass is 16.5. The number of pyridine rings is 1. The van der Waals surface area contributed by atoms with E-state index in [-0.39, 0.29) is 12.0 Å². The molecule has 2 amide bonds. The number of amides is 2. The Hall–Kier alpha value is -3.43. The lowest BCUT2D eigenvalue weighted by Gasteiger charge is -2.31. The van der Waals surface area contributed by atoms with Crippen LogP contribution in [0.2, 0.25) is 0 Å². The Balaban J connectivity index is 1.36. The van der Waals surface area contributed by atoms with Crippen molar-refractivity contribution in [3.8, 4) is 0 Å². The van der Waals surface area contributed by atoms with Crippen LogP contribution in [-0.2, 0) is 17.7 Å². The molecule has 0 spiro atoms. The van der Waals surface area contributed by atoms with E-state index in [0.29, 0.717) is 38.4 Å². The fourth-order valence-corrected chi connectivity index (χ4v) is 4.34. The maximum absolute atomic E-state index is 12.3. The van der Waals surface area contributed by atoms with Gasteiger partial charge in [-0.15, -0.1) is 0 Å². The van der Waals surface area contributed by atoms with Gasteiger partial charge in [-0.1, -0.05) is 12.1 Å². The van der Waals surface area contributed by atoms with Gasteiger partial charge in [0.1, 0.15) is 5.69 Å². The summed E-state index contributed by atoms with van der Waals surface area (Å²) in [6, 6.07) is 12.1. The largest absolute Gasteiger partial charge is 0.465 e. The maximum atomic E-state index is 12.3. The minimum atomic E-state index is -0.889. The Morgan fingerprint density at radius 1 is 1.29 bits per heavy atom. The van der Waals surface area contributed by atoms with Crippen LogP contribution >= 0.6 is 0 Å². The molecule has 0 radical (unpaired) electrons. The molecule has 1 aliphatic rings. The number of hydrogen-bond acceptors (Lipinski definition) is 5. The van der Waals surface area contributed by atoms with Gasteiger partial charge in [0.2, 0.25) is 0 Å². The molecule has 1 saturated heterocycles. The van der Waals surface area contributed by atoms with Crippen molar-refractivity contribution < 1.29 is 19.4 Å². The van der Waals surface area contributed by atoms with Gasteiger partial charge in [0.15, 0.2) is 0 Å². The van der Waals surface area contributed by atoms with Gasteiger partial charge < -0.3 is 30.4 Å². The molecule has 4 N–H and O–H groups in total. The number of rotatable bonds is 9. The van der Waals surface area contributed by atoms with E-state index in [1.165, 1.54) is 4.90 Å². The van der Waals surface area contributed by atoms with Crippen LogP contribution in [0.4, 0.5) is 4.79 Å². The maximum Gasteiger partial charge on any atom is 0.407 e. The number of nitrogens with one attached hydrogen (secondary N) is 3. The average molecular weight is 466 g/mol. The Bertz CT molecular complexity index is 1150. The third-order valence-corrected chi connectivity index (χ3v) is 6.07. The standard InChI is InChI=1S/C25H31N5O4/c1-26-24(31)23-13-17(15-27-8-3-5-20-16-30(25(32)33)10-11-34-20)12-19(29-23)14-18-4-2-6-22-21(18)7-9-28-22/h2,4,6-7,9,12-13,20,27-28H,3,5,8,10-11,14-16H2,1H3,(H,26,31)(H,32,33). The molecule has 1 aliphatic heterocycles. The number of carbonyl (C=O) groups excluding carboxylic acids is 1. The summed E-state index contributed by atoms with van der Waals surface area (Å²) in [6.45, 7) is 2.68. The fraction of sp³-hybridized carbons (Fsp3) is 0.400. The predicted octanol–water partition coefficient (Wildman–Crippen LogP) is 2.76. The van der Waals surface area contributed by atoms with Crippen LogP contribution in [0.1, 0.15) is 40.2 Å². The summed E-state index contributed by atoms with van der Waals surface area (Å²) in [5.41, 5.74) is 4.48. The van der Waals surface area contributed by atoms with Gasteiger partial charge in [0.05, 0.1) is 19.3 Å². The molecule has 1 atom stereocenters. The van der Waals surface area contributed by atoms with Crippen molar-refractivity contribution in [3.05, 3.63) is 65.1 Å². The first kappa shape index (κ1) is 23.7. The summed E-state index contributed by atoms with van der Waals surface area (Å²) in [6.07, 6.45) is 3.27. The van der Waals surface area contributed by atoms with E-state index in [2.05, 4.69) is 32.7 Å². The van der Waals surface area contributed by atoms with Gasteiger partial charge in [-0.3, -0.25) is 4.79 Å². The van der Waals surface area contributed by atoms with E-state index in [4.69, 9.17) is 9.84 Å². The predicted molar refractivity (Wildman–Crippen MR) is 129 cm³/mol. The normalized spacial score (nSPS) is 16.0. The number of H-pyrrole nitrogens is 1. The number of fused-ring (bicyclic) bond motifs is 1. The summed E-state index contributed by atoms with van der Waals surface area (Å²) in [5, 5.41) is 16.4. The molecule has 3 heterocycles. The molecule has 180 valence electrons. The molecule has 34 heavy (non-hydrogen) atoms. The molecule has 9 nitrogen and oxygen atoms in total. The van der Waals surface area contributed by atoms with E-state index < -0.39 is 6.09 Å². The van der Waals surface area contributed by atoms with E-state index in [0.717, 1.165) is 47.1 Å². The molecule has 0 aliphatic carbocycles. The van der Waals surface area contributed by atoms with Crippen LogP contribution in [0.25, 0.3) is 10.9 Å². The summed E-state index contributed by atoms with van der Waals surface area (Å²) >= 11 is 0. The number of carboxylic acid groups (broad SMARTS) is 1. The van der Waals surface area contributed by atoms with Crippen molar-refractivity contribution in [2.75, 3.05) is 33.3 Å². The Morgan fingerprint density at radius 2 is 2.18 bits per heavy atom. The summed E-state index contributed by atoms with van der Waals surface area (Å²) in [7, 11) is 1.61. The molecule has 9 heteroatoms. The molecule has 1 aromatic carbocycles. The monoisotopic (exact) mass is 465 g/mol. The van der Waals surface area contributed by atoms with Crippen molar-refractivity contribution in [1.29, 1.82) is 0 Å². The highest BCUT2D eigenvalue weighted by Gasteiger charge is 2.23. The van der Waals surface area contributed by atoms with Crippen molar-refractivity contribution >= 4 is 22.9 Å². The Kier molecular flexibility index (Phi) is 7.76. The Labute approximate surface area is 198 Å². The molecule has 0 saturated carbocycles. The number of aromatic nitrogens is 2. The highest BCUT2D eigenvalue weighted by Crippen LogP contribution is 2.21. The fourth-order valence-electron chi connectivity index (χ4n) is 4.34. The average Bonchev–Trinajstić information content (AvgIpc) is 3.33. The van der Waals surface area contributed by atoms with E-state index in [1.54, 1.807) is 7.05 Å². The first-order chi connectivity index (χ1) is 16.5. The lowest BCUT2D eigenvalue weighted by molar-refractivity contribution is -0.0259. The number of hydrogen-bond donors (Lipinski definition) is 4. The third-order valence-electron chi connectivity index (χ3n) is 6.07. The smallest absolute Gasteiger partial charge is 0.407 e. The van der Waals surface area contributed by atoms with Crippen LogP contribution in [0.15, 0.2) is 42.6 Å². The van der Waals surface area contributed by atoms with Gasteiger partial charge in [0.25, 0.3) is 5.91 Å². The van der Waals surface area contributed by atoms with Gasteiger partial charge in [-0.05, 0) is 54.8 Å². The third kappa shape index (κ3) is 5.92. The quantitative estimate of drug-likeness (QED) is 0.361. The zero-order valence-corrected chi connectivity index (χ0v) is 19.3. The minimum Gasteiger partial charge on any atom is -0.465 e. The van der Waals surface area contributed by atoms with E-state index in [9.17, 15) is 9.59 Å². The highest BCUT2D eigenvalue weighted by molar-refractivity contribution is 5.92. The molecular weight excluding hydrogens is 434 g/mol. The molecule has 1 fully saturated rings. The molecule has 2 aromatic heterocycles. The molecule has 0 bridgehead atoms. The number of carbonyl (C=O) groups is 2. The number of benzene rings is 1. The number of nitrogens with zero attached hydrogens (tertiary/aromatic N) is 2. The van der Waals surface area contributed by atoms with Crippen LogP contribution in [0.3, 0.4) is 0 Å². The van der Waals surface area contributed by atoms with Gasteiger partial charge in [-0.2, -0.15) is 0 Å². The number of aromatic amines is 1. The lowest BCUT2D eigenvalue weighted by atomic mass is 10.0. The van der Waals surface area contributed by atoms with Crippen LogP contribution in [-0.4, -0.2) is 71.4 Å². The summed E-state index contributed by atoms with van der Waals surface area (Å²) in [5.74, 6) is -0.208. The topological polar surface area (TPSA) is 120 Å². The van der Waals surface area contributed by atoms with Crippen LogP contribution in [0.5, 0.6) is 0 Å². The summed E-state index contributed by atoms with van der Waals surface area (Å²) in [4.78, 5) is 32.7. The molecule has 1 unspecified atom stereocenters. The van der Waals surface area contributed by atoms with Crippen LogP contribution in [0, 0.1) is 0 Å². The van der Waals surface area contributed by atoms with Crippen LogP contribution < -0.4 is 10.6 Å². The number of morpholine rings is 1. The first-order valence-electron chi connectivity index (χ1n) is 11.6. The molecule has 3 aromatic rings. The second kappa shape index (κ2) is 11.1. The van der Waals surface area contributed by atoms with Gasteiger partial charge in [-0.25, -0.2) is 9.78 Å². The van der Waals surface area contributed by atoms with Gasteiger partial charge >= 0.3 is 6.09 Å². The number of ether oxygens (including phenoxy) is 1. The SMILES string of the molecule is CNC(=O)c1cc(CNCCCC2CN(C(=O)O)CCO2)cc(Cc2cccc3[nH]ccc23)n1. The second-order valence-corrected chi connectivity index (χ2v) is 8.50. The molecule has 4 rings (SSSR count). The zero-order valence-electron chi connectivity index (χ0n) is 19.3. The van der Waals surface area contributed by atoms with Crippen molar-refractivity contribution in [1.82, 2.24) is 25.5 Å².